The summed E-state index contributed by atoms with van der Waals surface area (Å²) in [4.78, 5) is 0. The average molecular weight is 128 g/mol. The molecule has 0 aromatic heterocycles. The number of rotatable bonds is 1. The second kappa shape index (κ2) is 2.37. The van der Waals surface area contributed by atoms with E-state index in [1.807, 2.05) is 18.9 Å². The fourth-order valence-electron chi connectivity index (χ4n) is 0.958. The van der Waals surface area contributed by atoms with E-state index >= 15 is 0 Å². The first kappa shape index (κ1) is 6.58. The van der Waals surface area contributed by atoms with Gasteiger partial charge in [0.25, 0.3) is 0 Å². The molecular weight excluding hydrogens is 116 g/mol. The molecule has 0 amide bonds. The highest BCUT2D eigenvalue weighted by Crippen LogP contribution is 2.07. The van der Waals surface area contributed by atoms with Crippen LogP contribution in [0.4, 0.5) is 0 Å². The van der Waals surface area contributed by atoms with Crippen LogP contribution in [-0.4, -0.2) is 22.9 Å². The van der Waals surface area contributed by atoms with Gasteiger partial charge in [-0.1, -0.05) is 0 Å². The van der Waals surface area contributed by atoms with Crippen molar-refractivity contribution in [3.05, 3.63) is 11.8 Å². The molecule has 1 unspecified atom stereocenters. The molecule has 0 spiro atoms. The summed E-state index contributed by atoms with van der Waals surface area (Å²) in [7, 11) is 0. The summed E-state index contributed by atoms with van der Waals surface area (Å²) < 4.78 is 0. The van der Waals surface area contributed by atoms with E-state index in [9.17, 15) is 0 Å². The fourth-order valence-corrected chi connectivity index (χ4v) is 0.958. The molecule has 1 heterocycles. The van der Waals surface area contributed by atoms with E-state index in [1.165, 1.54) is 0 Å². The Morgan fingerprint density at radius 1 is 1.89 bits per heavy atom. The molecule has 1 aliphatic rings. The fraction of sp³-hybridized carbons (Fsp3) is 0.667. The molecule has 1 rings (SSSR count). The van der Waals surface area contributed by atoms with Crippen LogP contribution >= 0.6 is 0 Å². The molecule has 52 valence electrons. The highest BCUT2D eigenvalue weighted by atomic mass is 16.3. The van der Waals surface area contributed by atoms with Gasteiger partial charge in [0.1, 0.15) is 6.23 Å². The summed E-state index contributed by atoms with van der Waals surface area (Å²) in [6, 6.07) is 0. The molecule has 0 saturated carbocycles. The van der Waals surface area contributed by atoms with Crippen molar-refractivity contribution in [2.45, 2.75) is 20.1 Å². The maximum atomic E-state index is 8.97. The second-order valence-corrected chi connectivity index (χ2v) is 2.13. The lowest BCUT2D eigenvalue weighted by Crippen LogP contribution is -2.36. The molecule has 2 N–H and O–H groups in total. The predicted octanol–water partition coefficient (Wildman–Crippen LogP) is 0.0487. The van der Waals surface area contributed by atoms with Gasteiger partial charge in [0.05, 0.1) is 0 Å². The minimum atomic E-state index is -0.482. The minimum absolute atomic E-state index is 0.482. The van der Waals surface area contributed by atoms with Crippen molar-refractivity contribution >= 4 is 0 Å². The molecule has 1 aliphatic heterocycles. The maximum Gasteiger partial charge on any atom is 0.142 e. The third-order valence-electron chi connectivity index (χ3n) is 1.43. The molecule has 0 bridgehead atoms. The van der Waals surface area contributed by atoms with Crippen molar-refractivity contribution in [1.29, 1.82) is 0 Å². The predicted molar refractivity (Wildman–Crippen MR) is 35.3 cm³/mol. The SMILES string of the molecule is CCN1NC(O)C=C1C. The smallest absolute Gasteiger partial charge is 0.142 e. The zero-order valence-corrected chi connectivity index (χ0v) is 5.76. The molecule has 0 saturated heterocycles. The van der Waals surface area contributed by atoms with Gasteiger partial charge in [0, 0.05) is 12.2 Å². The molecule has 3 heteroatoms. The van der Waals surface area contributed by atoms with Crippen LogP contribution in [0.5, 0.6) is 0 Å². The lowest BCUT2D eigenvalue weighted by molar-refractivity contribution is 0.119. The molecule has 0 radical (unpaired) electrons. The van der Waals surface area contributed by atoms with E-state index in [4.69, 9.17) is 5.11 Å². The third-order valence-corrected chi connectivity index (χ3v) is 1.43. The Kier molecular flexibility index (Phi) is 1.73. The first-order valence-electron chi connectivity index (χ1n) is 3.14. The van der Waals surface area contributed by atoms with Crippen LogP contribution in [0.15, 0.2) is 11.8 Å². The molecule has 9 heavy (non-hydrogen) atoms. The monoisotopic (exact) mass is 128 g/mol. The van der Waals surface area contributed by atoms with Crippen LogP contribution in [0.3, 0.4) is 0 Å². The van der Waals surface area contributed by atoms with E-state index in [0.29, 0.717) is 0 Å². The topological polar surface area (TPSA) is 35.5 Å². The normalized spacial score (nSPS) is 26.8. The molecule has 3 nitrogen and oxygen atoms in total. The minimum Gasteiger partial charge on any atom is -0.373 e. The van der Waals surface area contributed by atoms with Gasteiger partial charge in [-0.15, -0.1) is 0 Å². The number of aliphatic hydroxyl groups is 1. The maximum absolute atomic E-state index is 8.97. The van der Waals surface area contributed by atoms with Crippen LogP contribution in [0.2, 0.25) is 0 Å². The number of hydrogen-bond acceptors (Lipinski definition) is 3. The molecule has 0 aliphatic carbocycles. The van der Waals surface area contributed by atoms with E-state index in [-0.39, 0.29) is 0 Å². The first-order valence-corrected chi connectivity index (χ1v) is 3.14. The highest BCUT2D eigenvalue weighted by molar-refractivity contribution is 5.04. The Balaban J connectivity index is 2.53. The molecular formula is C6H12N2O. The van der Waals surface area contributed by atoms with Crippen LogP contribution in [-0.2, 0) is 0 Å². The van der Waals surface area contributed by atoms with Gasteiger partial charge in [0.2, 0.25) is 0 Å². The van der Waals surface area contributed by atoms with Gasteiger partial charge in [-0.2, -0.15) is 0 Å². The summed E-state index contributed by atoms with van der Waals surface area (Å²) >= 11 is 0. The van der Waals surface area contributed by atoms with E-state index in [0.717, 1.165) is 12.2 Å². The van der Waals surface area contributed by atoms with Gasteiger partial charge in [0.15, 0.2) is 0 Å². The van der Waals surface area contributed by atoms with Crippen molar-refractivity contribution in [1.82, 2.24) is 10.4 Å². The molecule has 0 fully saturated rings. The number of hydrogen-bond donors (Lipinski definition) is 2. The van der Waals surface area contributed by atoms with E-state index in [1.54, 1.807) is 6.08 Å². The molecule has 0 aromatic rings. The van der Waals surface area contributed by atoms with Crippen LogP contribution in [0.25, 0.3) is 0 Å². The Labute approximate surface area is 54.9 Å². The first-order chi connectivity index (χ1) is 4.24. The van der Waals surface area contributed by atoms with Crippen molar-refractivity contribution in [2.24, 2.45) is 0 Å². The van der Waals surface area contributed by atoms with Crippen molar-refractivity contribution in [3.8, 4) is 0 Å². The van der Waals surface area contributed by atoms with E-state index < -0.39 is 6.23 Å². The number of nitrogens with one attached hydrogen (secondary N) is 1. The summed E-state index contributed by atoms with van der Waals surface area (Å²) in [6.07, 6.45) is 1.30. The zero-order valence-electron chi connectivity index (χ0n) is 5.76. The Bertz CT molecular complexity index is 133. The number of hydrazine groups is 1. The number of aliphatic hydroxyl groups excluding tert-OH is 1. The third kappa shape index (κ3) is 1.23. The van der Waals surface area contributed by atoms with Crippen molar-refractivity contribution in [3.63, 3.8) is 0 Å². The molecule has 0 aromatic carbocycles. The van der Waals surface area contributed by atoms with Crippen LogP contribution in [0.1, 0.15) is 13.8 Å². The largest absolute Gasteiger partial charge is 0.373 e. The van der Waals surface area contributed by atoms with Gasteiger partial charge in [-0.3, -0.25) is 0 Å². The summed E-state index contributed by atoms with van der Waals surface area (Å²) in [5.74, 6) is 0. The van der Waals surface area contributed by atoms with E-state index in [2.05, 4.69) is 5.43 Å². The van der Waals surface area contributed by atoms with Crippen LogP contribution < -0.4 is 5.43 Å². The Hall–Kier alpha value is -0.540. The van der Waals surface area contributed by atoms with Gasteiger partial charge >= 0.3 is 0 Å². The quantitative estimate of drug-likeness (QED) is 0.523. The zero-order chi connectivity index (χ0) is 6.85. The summed E-state index contributed by atoms with van der Waals surface area (Å²) in [6.45, 7) is 4.88. The van der Waals surface area contributed by atoms with Gasteiger partial charge in [-0.25, -0.2) is 5.43 Å². The van der Waals surface area contributed by atoms with Gasteiger partial charge < -0.3 is 10.1 Å². The highest BCUT2D eigenvalue weighted by Gasteiger charge is 2.14. The lowest BCUT2D eigenvalue weighted by Gasteiger charge is -2.17. The Morgan fingerprint density at radius 2 is 2.56 bits per heavy atom. The lowest BCUT2D eigenvalue weighted by atomic mass is 10.4. The molecule has 1 atom stereocenters. The van der Waals surface area contributed by atoms with Crippen LogP contribution in [0, 0.1) is 0 Å². The Morgan fingerprint density at radius 3 is 2.78 bits per heavy atom. The summed E-state index contributed by atoms with van der Waals surface area (Å²) in [5.41, 5.74) is 3.94. The average Bonchev–Trinajstić information content (AvgIpc) is 2.10. The van der Waals surface area contributed by atoms with Gasteiger partial charge in [-0.05, 0) is 19.9 Å². The standard InChI is InChI=1S/C6H12N2O/c1-3-8-5(2)4-6(9)7-8/h4,6-7,9H,3H2,1-2H3. The summed E-state index contributed by atoms with van der Waals surface area (Å²) in [5, 5.41) is 10.9. The second-order valence-electron chi connectivity index (χ2n) is 2.13. The van der Waals surface area contributed by atoms with Crippen molar-refractivity contribution < 1.29 is 5.11 Å². The number of nitrogens with zero attached hydrogens (tertiary/aromatic N) is 1. The number of allylic oxidation sites excluding steroid dienone is 1. The van der Waals surface area contributed by atoms with Crippen molar-refractivity contribution in [2.75, 3.05) is 6.54 Å².